The highest BCUT2D eigenvalue weighted by Crippen LogP contribution is 2.38. The number of ether oxygens (including phenoxy) is 1. The summed E-state index contributed by atoms with van der Waals surface area (Å²) < 4.78 is 13.4. The van der Waals surface area contributed by atoms with Gasteiger partial charge in [-0.1, -0.05) is 12.1 Å². The Balaban J connectivity index is 1.69. The molecule has 0 N–H and O–H groups in total. The number of hydrogen-bond acceptors (Lipinski definition) is 4. The molecule has 0 saturated carbocycles. The molecular formula is C22H29N3O2. The molecule has 3 heterocycles. The highest BCUT2D eigenvalue weighted by Gasteiger charge is 2.31. The van der Waals surface area contributed by atoms with Crippen LogP contribution in [-0.2, 0) is 19.5 Å². The van der Waals surface area contributed by atoms with Crippen molar-refractivity contribution in [2.75, 3.05) is 13.7 Å². The van der Waals surface area contributed by atoms with Crippen LogP contribution in [0, 0.1) is 6.92 Å². The molecule has 0 radical (unpaired) electrons. The van der Waals surface area contributed by atoms with Crippen molar-refractivity contribution in [3.63, 3.8) is 0 Å². The van der Waals surface area contributed by atoms with Gasteiger partial charge in [0, 0.05) is 48.2 Å². The molecule has 144 valence electrons. The van der Waals surface area contributed by atoms with Gasteiger partial charge in [0.25, 0.3) is 0 Å². The van der Waals surface area contributed by atoms with Crippen LogP contribution in [0.25, 0.3) is 10.9 Å². The van der Waals surface area contributed by atoms with E-state index in [9.17, 15) is 0 Å². The Morgan fingerprint density at radius 3 is 2.89 bits per heavy atom. The third-order valence-electron chi connectivity index (χ3n) is 5.89. The summed E-state index contributed by atoms with van der Waals surface area (Å²) in [7, 11) is 1.73. The highest BCUT2D eigenvalue weighted by molar-refractivity contribution is 5.85. The van der Waals surface area contributed by atoms with Gasteiger partial charge in [0.1, 0.15) is 11.5 Å². The zero-order valence-corrected chi connectivity index (χ0v) is 16.8. The molecule has 0 aliphatic carbocycles. The van der Waals surface area contributed by atoms with Gasteiger partial charge in [-0.2, -0.15) is 0 Å². The lowest BCUT2D eigenvalue weighted by atomic mass is 10.0. The van der Waals surface area contributed by atoms with Crippen molar-refractivity contribution in [1.82, 2.24) is 14.6 Å². The average molecular weight is 367 g/mol. The van der Waals surface area contributed by atoms with Crippen molar-refractivity contribution < 1.29 is 9.26 Å². The smallest absolute Gasteiger partial charge is 0.141 e. The van der Waals surface area contributed by atoms with Crippen molar-refractivity contribution in [1.29, 1.82) is 0 Å². The van der Waals surface area contributed by atoms with Crippen LogP contribution in [0.15, 0.2) is 28.9 Å². The molecule has 1 atom stereocenters. The normalized spacial score (nSPS) is 17.9. The second kappa shape index (κ2) is 7.39. The third-order valence-corrected chi connectivity index (χ3v) is 5.89. The van der Waals surface area contributed by atoms with Gasteiger partial charge in [0.2, 0.25) is 0 Å². The monoisotopic (exact) mass is 367 g/mol. The van der Waals surface area contributed by atoms with Gasteiger partial charge in [-0.25, -0.2) is 0 Å². The van der Waals surface area contributed by atoms with Crippen LogP contribution in [0.4, 0.5) is 0 Å². The number of hydrogen-bond donors (Lipinski definition) is 0. The molecule has 4 rings (SSSR count). The maximum absolute atomic E-state index is 5.58. The topological polar surface area (TPSA) is 43.4 Å². The number of aromatic nitrogens is 2. The summed E-state index contributed by atoms with van der Waals surface area (Å²) in [6.45, 7) is 9.43. The van der Waals surface area contributed by atoms with Gasteiger partial charge in [-0.05, 0) is 57.0 Å². The predicted octanol–water partition coefficient (Wildman–Crippen LogP) is 4.87. The lowest BCUT2D eigenvalue weighted by Gasteiger charge is -2.24. The Morgan fingerprint density at radius 2 is 2.15 bits per heavy atom. The molecule has 5 heteroatoms. The summed E-state index contributed by atoms with van der Waals surface area (Å²) in [5, 5.41) is 5.53. The molecule has 27 heavy (non-hydrogen) atoms. The Morgan fingerprint density at radius 1 is 1.30 bits per heavy atom. The van der Waals surface area contributed by atoms with Crippen LogP contribution in [0.2, 0.25) is 0 Å². The molecule has 2 aromatic heterocycles. The largest absolute Gasteiger partial charge is 0.497 e. The van der Waals surface area contributed by atoms with Crippen LogP contribution in [-0.4, -0.2) is 28.3 Å². The minimum absolute atomic E-state index is 0.400. The lowest BCUT2D eigenvalue weighted by molar-refractivity contribution is 0.245. The standard InChI is InChI=1S/C22H29N3O2/c1-5-21-22(15(3)23-27-21)20-8-7-11-25(20)14-16-13-24(6-2)19-10-9-17(26-4)12-18(16)19/h9-10,12-13,20H,5-8,11,14H2,1-4H3/t20-/m0/s1. The van der Waals surface area contributed by atoms with Gasteiger partial charge >= 0.3 is 0 Å². The second-order valence-electron chi connectivity index (χ2n) is 7.41. The fourth-order valence-corrected chi connectivity index (χ4v) is 4.53. The first-order chi connectivity index (χ1) is 13.2. The first-order valence-electron chi connectivity index (χ1n) is 10.0. The Hall–Kier alpha value is -2.27. The molecule has 0 spiro atoms. The molecular weight excluding hydrogens is 338 g/mol. The van der Waals surface area contributed by atoms with E-state index in [1.54, 1.807) is 7.11 Å². The molecule has 5 nitrogen and oxygen atoms in total. The second-order valence-corrected chi connectivity index (χ2v) is 7.41. The van der Waals surface area contributed by atoms with Crippen molar-refractivity contribution in [3.8, 4) is 5.75 Å². The summed E-state index contributed by atoms with van der Waals surface area (Å²) in [5.74, 6) is 1.96. The van der Waals surface area contributed by atoms with E-state index in [-0.39, 0.29) is 0 Å². The van der Waals surface area contributed by atoms with Gasteiger partial charge in [-0.3, -0.25) is 4.90 Å². The van der Waals surface area contributed by atoms with Crippen LogP contribution in [0.3, 0.4) is 0 Å². The number of fused-ring (bicyclic) bond motifs is 1. The van der Waals surface area contributed by atoms with Crippen LogP contribution < -0.4 is 4.74 Å². The van der Waals surface area contributed by atoms with Crippen molar-refractivity contribution in [2.24, 2.45) is 0 Å². The summed E-state index contributed by atoms with van der Waals surface area (Å²) in [5.41, 5.74) is 5.00. The molecule has 3 aromatic rings. The van der Waals surface area contributed by atoms with Crippen molar-refractivity contribution >= 4 is 10.9 Å². The van der Waals surface area contributed by atoms with E-state index in [2.05, 4.69) is 53.7 Å². The number of likely N-dealkylation sites (tertiary alicyclic amines) is 1. The summed E-state index contributed by atoms with van der Waals surface area (Å²) in [6.07, 6.45) is 5.59. The van der Waals surface area contributed by atoms with Crippen LogP contribution in [0.5, 0.6) is 5.75 Å². The van der Waals surface area contributed by atoms with E-state index in [1.807, 2.05) is 6.07 Å². The van der Waals surface area contributed by atoms with Crippen molar-refractivity contribution in [3.05, 3.63) is 47.0 Å². The van der Waals surface area contributed by atoms with E-state index in [0.717, 1.165) is 43.3 Å². The molecule has 1 aliphatic rings. The average Bonchev–Trinajstić information content (AvgIpc) is 3.38. The maximum Gasteiger partial charge on any atom is 0.141 e. The number of aryl methyl sites for hydroxylation is 3. The fraction of sp³-hybridized carbons (Fsp3) is 0.500. The van der Waals surface area contributed by atoms with E-state index < -0.39 is 0 Å². The SMILES string of the molecule is CCc1onc(C)c1[C@@H]1CCCN1Cc1cn(CC)c2ccc(OC)cc12. The van der Waals surface area contributed by atoms with Crippen LogP contribution >= 0.6 is 0 Å². The van der Waals surface area contributed by atoms with E-state index in [0.29, 0.717) is 6.04 Å². The Kier molecular flexibility index (Phi) is 4.96. The zero-order chi connectivity index (χ0) is 19.0. The zero-order valence-electron chi connectivity index (χ0n) is 16.8. The minimum atomic E-state index is 0.400. The predicted molar refractivity (Wildman–Crippen MR) is 107 cm³/mol. The third kappa shape index (κ3) is 3.14. The summed E-state index contributed by atoms with van der Waals surface area (Å²) >= 11 is 0. The quantitative estimate of drug-likeness (QED) is 0.624. The number of rotatable bonds is 6. The van der Waals surface area contributed by atoms with Gasteiger partial charge < -0.3 is 13.8 Å². The molecule has 0 unspecified atom stereocenters. The number of methoxy groups -OCH3 is 1. The summed E-state index contributed by atoms with van der Waals surface area (Å²) in [4.78, 5) is 2.59. The van der Waals surface area contributed by atoms with E-state index in [4.69, 9.17) is 9.26 Å². The molecule has 1 fully saturated rings. The Bertz CT molecular complexity index is 941. The van der Waals surface area contributed by atoms with E-state index in [1.165, 1.54) is 34.9 Å². The maximum atomic E-state index is 5.58. The van der Waals surface area contributed by atoms with Gasteiger partial charge in [0.05, 0.1) is 12.8 Å². The molecule has 0 bridgehead atoms. The first kappa shape index (κ1) is 18.1. The number of benzene rings is 1. The fourth-order valence-electron chi connectivity index (χ4n) is 4.53. The van der Waals surface area contributed by atoms with Crippen molar-refractivity contribution in [2.45, 2.75) is 59.2 Å². The molecule has 0 amide bonds. The number of nitrogens with zero attached hydrogens (tertiary/aromatic N) is 3. The minimum Gasteiger partial charge on any atom is -0.497 e. The molecule has 1 aromatic carbocycles. The first-order valence-corrected chi connectivity index (χ1v) is 10.0. The van der Waals surface area contributed by atoms with Crippen LogP contribution in [0.1, 0.15) is 55.3 Å². The van der Waals surface area contributed by atoms with Gasteiger partial charge in [0.15, 0.2) is 0 Å². The highest BCUT2D eigenvalue weighted by atomic mass is 16.5. The molecule has 1 aliphatic heterocycles. The Labute approximate surface area is 160 Å². The van der Waals surface area contributed by atoms with E-state index >= 15 is 0 Å². The summed E-state index contributed by atoms with van der Waals surface area (Å²) in [6, 6.07) is 6.79. The van der Waals surface area contributed by atoms with Gasteiger partial charge in [-0.15, -0.1) is 0 Å². The molecule has 1 saturated heterocycles. The lowest BCUT2D eigenvalue weighted by Crippen LogP contribution is -2.23.